The highest BCUT2D eigenvalue weighted by molar-refractivity contribution is 7.80. The number of aliphatic hydroxyl groups excluding tert-OH is 3. The molecule has 1 heterocycles. The van der Waals surface area contributed by atoms with E-state index in [2.05, 4.69) is 188 Å². The second-order valence-corrected chi connectivity index (χ2v) is 19.1. The number of ether oxygens (including phenoxy) is 4. The van der Waals surface area contributed by atoms with Gasteiger partial charge >= 0.3 is 16.4 Å². The number of aliphatic hydroxyl groups is 3. The summed E-state index contributed by atoms with van der Waals surface area (Å²) < 4.78 is 59.3. The van der Waals surface area contributed by atoms with Crippen LogP contribution >= 0.6 is 0 Å². The quantitative estimate of drug-likeness (QED) is 0.0197. The fourth-order valence-electron chi connectivity index (χ4n) is 7.22. The van der Waals surface area contributed by atoms with E-state index in [1.165, 1.54) is 0 Å². The van der Waals surface area contributed by atoms with Crippen LogP contribution in [0.1, 0.15) is 155 Å². The van der Waals surface area contributed by atoms with E-state index in [1.807, 2.05) is 0 Å². The molecule has 1 saturated heterocycles. The molecule has 426 valence electrons. The summed E-state index contributed by atoms with van der Waals surface area (Å²) in [5, 5.41) is 30.8. The summed E-state index contributed by atoms with van der Waals surface area (Å²) in [5.74, 6) is -0.455. The minimum absolute atomic E-state index is 0.0222. The molecule has 0 aromatic heterocycles. The maximum atomic E-state index is 12.9. The van der Waals surface area contributed by atoms with Crippen molar-refractivity contribution in [3.8, 4) is 0 Å². The summed E-state index contributed by atoms with van der Waals surface area (Å²) in [7, 11) is -5.09. The average molecular weight is 1080 g/mol. The van der Waals surface area contributed by atoms with E-state index in [4.69, 9.17) is 18.9 Å². The first kappa shape index (κ1) is 69.5. The van der Waals surface area contributed by atoms with Gasteiger partial charge in [0, 0.05) is 13.0 Å². The Bertz CT molecular complexity index is 1970. The SMILES string of the molecule is CC/C=C\C/C=C\C/C=C\C/C=C\C/C=C\C/C=C\C/C=C\CCCCCC(=O)OC(COCCCC/C=C\C/C=C\C/C=C\C/C=C\C/C=C\C/C=C\C/C=C\CC)COC1OC(CO)C(O)C(OS(=O)(=O)O)C1O. The van der Waals surface area contributed by atoms with Crippen LogP contribution < -0.4 is 0 Å². The summed E-state index contributed by atoms with van der Waals surface area (Å²) in [6, 6.07) is 0. The molecule has 1 aliphatic rings. The molecule has 1 fully saturated rings. The fraction of sp³-hybridized carbons (Fsp3) is 0.540. The second kappa shape index (κ2) is 51.2. The highest BCUT2D eigenvalue weighted by Gasteiger charge is 2.48. The Morgan fingerprint density at radius 1 is 0.500 bits per heavy atom. The molecule has 0 saturated carbocycles. The maximum Gasteiger partial charge on any atom is 0.397 e. The number of carbonyl (C=O) groups excluding carboxylic acids is 1. The zero-order valence-electron chi connectivity index (χ0n) is 46.0. The molecule has 4 N–H and O–H groups in total. The predicted molar refractivity (Wildman–Crippen MR) is 312 cm³/mol. The molecule has 0 aromatic carbocycles. The van der Waals surface area contributed by atoms with Crippen molar-refractivity contribution in [3.63, 3.8) is 0 Å². The van der Waals surface area contributed by atoms with Gasteiger partial charge in [0.2, 0.25) is 0 Å². The topological polar surface area (TPSA) is 178 Å². The monoisotopic (exact) mass is 1080 g/mol. The molecule has 6 atom stereocenters. The Hall–Kier alpha value is -4.54. The first-order chi connectivity index (χ1) is 37.1. The zero-order chi connectivity index (χ0) is 55.3. The van der Waals surface area contributed by atoms with Gasteiger partial charge in [0.1, 0.15) is 30.5 Å². The lowest BCUT2D eigenvalue weighted by Crippen LogP contribution is -2.60. The van der Waals surface area contributed by atoms with Crippen LogP contribution in [0.5, 0.6) is 0 Å². The summed E-state index contributed by atoms with van der Waals surface area (Å²) in [5.41, 5.74) is 0. The Morgan fingerprint density at radius 2 is 0.868 bits per heavy atom. The van der Waals surface area contributed by atoms with E-state index in [0.717, 1.165) is 128 Å². The van der Waals surface area contributed by atoms with Crippen molar-refractivity contribution < 1.29 is 56.2 Å². The summed E-state index contributed by atoms with van der Waals surface area (Å²) in [6.07, 6.45) is 71.0. The molecular weight excluding hydrogens is 981 g/mol. The van der Waals surface area contributed by atoms with Crippen molar-refractivity contribution >= 4 is 16.4 Å². The van der Waals surface area contributed by atoms with Crippen molar-refractivity contribution in [1.29, 1.82) is 0 Å². The third-order valence-corrected chi connectivity index (χ3v) is 11.8. The molecule has 1 aliphatic heterocycles. The van der Waals surface area contributed by atoms with Crippen LogP contribution in [0.4, 0.5) is 0 Å². The number of hydrogen-bond acceptors (Lipinski definition) is 11. The van der Waals surface area contributed by atoms with Crippen molar-refractivity contribution in [1.82, 2.24) is 0 Å². The van der Waals surface area contributed by atoms with Crippen LogP contribution in [0, 0.1) is 0 Å². The fourth-order valence-corrected chi connectivity index (χ4v) is 7.73. The van der Waals surface area contributed by atoms with Crippen LogP contribution in [0.25, 0.3) is 0 Å². The van der Waals surface area contributed by atoms with E-state index < -0.39 is 59.8 Å². The largest absolute Gasteiger partial charge is 0.457 e. The lowest BCUT2D eigenvalue weighted by molar-refractivity contribution is -0.301. The molecule has 76 heavy (non-hydrogen) atoms. The summed E-state index contributed by atoms with van der Waals surface area (Å²) in [6.45, 7) is 3.58. The van der Waals surface area contributed by atoms with Crippen molar-refractivity contribution in [2.24, 2.45) is 0 Å². The van der Waals surface area contributed by atoms with Gasteiger partial charge in [0.05, 0.1) is 19.8 Å². The smallest absolute Gasteiger partial charge is 0.397 e. The molecule has 0 aliphatic carbocycles. The lowest BCUT2D eigenvalue weighted by Gasteiger charge is -2.41. The van der Waals surface area contributed by atoms with Gasteiger partial charge in [-0.2, -0.15) is 8.42 Å². The van der Waals surface area contributed by atoms with Crippen molar-refractivity contribution in [3.05, 3.63) is 170 Å². The Balaban J connectivity index is 2.43. The number of unbranched alkanes of at least 4 members (excludes halogenated alkanes) is 5. The number of hydrogen-bond donors (Lipinski definition) is 4. The normalized spacial score (nSPS) is 19.9. The standard InChI is InChI=1S/C63H96O12S/c1-3-5-7-9-11-13-15-17-19-21-23-25-27-29-30-32-34-36-38-40-42-44-46-48-50-52-59(65)73-57(56-72-63-61(67)62(75-76(68,69)70)60(66)58(54-64)74-63)55-71-53-51-49-47-45-43-41-39-37-35-33-31-28-26-24-22-20-18-16-14-12-10-8-6-4-2/h5-8,11-14,17-20,23-26,29-31,33-34,36-37,39-40,42-43,45,57-58,60-64,66-67H,3-4,9-10,15-16,21-22,27-28,32,35,38,41,44,46-56H2,1-2H3,(H,68,69,70)/b7-5-,8-6-,13-11-,14-12-,19-17-,20-18-,25-23-,26-24-,30-29-,33-31-,36-34-,39-37-,42-40-,45-43-. The minimum atomic E-state index is -5.09. The first-order valence-electron chi connectivity index (χ1n) is 27.9. The summed E-state index contributed by atoms with van der Waals surface area (Å²) in [4.78, 5) is 12.9. The van der Waals surface area contributed by atoms with E-state index in [9.17, 15) is 33.1 Å². The molecule has 0 radical (unpaired) electrons. The van der Waals surface area contributed by atoms with E-state index in [-0.39, 0.29) is 19.6 Å². The number of allylic oxidation sites excluding steroid dienone is 28. The van der Waals surface area contributed by atoms with Gasteiger partial charge in [-0.3, -0.25) is 9.35 Å². The van der Waals surface area contributed by atoms with Gasteiger partial charge in [-0.05, 0) is 128 Å². The van der Waals surface area contributed by atoms with E-state index in [0.29, 0.717) is 13.0 Å². The highest BCUT2D eigenvalue weighted by Crippen LogP contribution is 2.26. The lowest BCUT2D eigenvalue weighted by atomic mass is 9.99. The average Bonchev–Trinajstić information content (AvgIpc) is 3.40. The molecular formula is C63H96O12S. The predicted octanol–water partition coefficient (Wildman–Crippen LogP) is 14.0. The van der Waals surface area contributed by atoms with Crippen molar-refractivity contribution in [2.45, 2.75) is 192 Å². The molecule has 0 amide bonds. The number of rotatable bonds is 46. The van der Waals surface area contributed by atoms with Crippen LogP contribution in [0.15, 0.2) is 170 Å². The van der Waals surface area contributed by atoms with Crippen molar-refractivity contribution in [2.75, 3.05) is 26.4 Å². The Kier molecular flexibility index (Phi) is 46.8. The molecule has 0 bridgehead atoms. The Morgan fingerprint density at radius 3 is 1.24 bits per heavy atom. The second-order valence-electron chi connectivity index (χ2n) is 18.1. The van der Waals surface area contributed by atoms with Crippen LogP contribution in [0.2, 0.25) is 0 Å². The van der Waals surface area contributed by atoms with Gasteiger partial charge in [0.25, 0.3) is 0 Å². The van der Waals surface area contributed by atoms with Crippen LogP contribution in [-0.4, -0.2) is 97.5 Å². The van der Waals surface area contributed by atoms with Gasteiger partial charge < -0.3 is 34.3 Å². The number of carbonyl (C=O) groups is 1. The van der Waals surface area contributed by atoms with E-state index in [1.54, 1.807) is 0 Å². The summed E-state index contributed by atoms with van der Waals surface area (Å²) >= 11 is 0. The highest BCUT2D eigenvalue weighted by atomic mass is 32.3. The third-order valence-electron chi connectivity index (χ3n) is 11.3. The minimum Gasteiger partial charge on any atom is -0.457 e. The number of esters is 1. The van der Waals surface area contributed by atoms with Crippen LogP contribution in [0.3, 0.4) is 0 Å². The van der Waals surface area contributed by atoms with Gasteiger partial charge in [0.15, 0.2) is 6.29 Å². The molecule has 6 unspecified atom stereocenters. The van der Waals surface area contributed by atoms with Gasteiger partial charge in [-0.15, -0.1) is 0 Å². The molecule has 13 heteroatoms. The maximum absolute atomic E-state index is 12.9. The Labute approximate surface area is 459 Å². The zero-order valence-corrected chi connectivity index (χ0v) is 46.8. The molecule has 12 nitrogen and oxygen atoms in total. The third kappa shape index (κ3) is 43.5. The first-order valence-corrected chi connectivity index (χ1v) is 29.3. The molecule has 0 spiro atoms. The van der Waals surface area contributed by atoms with Crippen LogP contribution in [-0.2, 0) is 38.3 Å². The van der Waals surface area contributed by atoms with Gasteiger partial charge in [-0.25, -0.2) is 4.18 Å². The van der Waals surface area contributed by atoms with E-state index >= 15 is 0 Å². The van der Waals surface area contributed by atoms with Gasteiger partial charge in [-0.1, -0.05) is 190 Å². The molecule has 1 rings (SSSR count). The molecule has 0 aromatic rings.